The molecule has 0 saturated carbocycles. The van der Waals surface area contributed by atoms with E-state index in [1.54, 1.807) is 0 Å². The van der Waals surface area contributed by atoms with E-state index in [4.69, 9.17) is 13.3 Å². The zero-order valence-corrected chi connectivity index (χ0v) is 25.5. The van der Waals surface area contributed by atoms with Crippen molar-refractivity contribution < 1.29 is 13.3 Å². The van der Waals surface area contributed by atoms with Crippen LogP contribution >= 0.6 is 0 Å². The van der Waals surface area contributed by atoms with Crippen molar-refractivity contribution in [1.29, 1.82) is 0 Å². The van der Waals surface area contributed by atoms with Gasteiger partial charge in [0.25, 0.3) is 0 Å². The molecule has 164 valence electrons. The number of hydrogen-bond acceptors (Lipinski definition) is 3. The Morgan fingerprint density at radius 2 is 1.19 bits per heavy atom. The second kappa shape index (κ2) is 8.47. The maximum atomic E-state index is 6.87. The van der Waals surface area contributed by atoms with Crippen LogP contribution in [0.3, 0.4) is 0 Å². The third-order valence-electron chi connectivity index (χ3n) is 6.72. The summed E-state index contributed by atoms with van der Waals surface area (Å²) in [5.74, 6) is 0. The zero-order chi connectivity index (χ0) is 22.3. The summed E-state index contributed by atoms with van der Waals surface area (Å²) in [6.45, 7) is 36.9. The Kier molecular flexibility index (Phi) is 8.71. The predicted octanol–water partition coefficient (Wildman–Crippen LogP) is 6.57. The van der Waals surface area contributed by atoms with Crippen molar-refractivity contribution in [3.63, 3.8) is 0 Å². The molecule has 3 nitrogen and oxygen atoms in total. The van der Waals surface area contributed by atoms with Gasteiger partial charge in [0, 0.05) is 10.8 Å². The Labute approximate surface area is 176 Å². The Hall–Kier alpha value is 0.748. The molecule has 0 bridgehead atoms. The van der Waals surface area contributed by atoms with Crippen LogP contribution in [-0.2, 0) is 13.3 Å². The van der Waals surface area contributed by atoms with E-state index in [-0.39, 0.29) is 15.9 Å². The second-order valence-corrected chi connectivity index (χ2v) is 29.7. The highest BCUT2D eigenvalue weighted by Gasteiger charge is 2.54. The van der Waals surface area contributed by atoms with Gasteiger partial charge >= 0.3 is 0 Å². The quantitative estimate of drug-likeness (QED) is 0.352. The van der Waals surface area contributed by atoms with Crippen LogP contribution in [0, 0.1) is 0 Å². The summed E-state index contributed by atoms with van der Waals surface area (Å²) in [6, 6.07) is 0. The van der Waals surface area contributed by atoms with Crippen LogP contribution in [0.4, 0.5) is 0 Å². The van der Waals surface area contributed by atoms with Crippen molar-refractivity contribution in [1.82, 2.24) is 0 Å². The molecule has 0 amide bonds. The molecule has 0 aromatic rings. The molecule has 0 rings (SSSR count). The summed E-state index contributed by atoms with van der Waals surface area (Å²) < 4.78 is 20.2. The minimum absolute atomic E-state index is 0.0234. The van der Waals surface area contributed by atoms with Crippen molar-refractivity contribution in [3.8, 4) is 0 Å². The summed E-state index contributed by atoms with van der Waals surface area (Å²) >= 11 is 0. The minimum Gasteiger partial charge on any atom is -0.417 e. The molecule has 27 heavy (non-hydrogen) atoms. The normalized spacial score (nSPS) is 17.8. The van der Waals surface area contributed by atoms with Gasteiger partial charge < -0.3 is 13.3 Å². The molecule has 0 aliphatic heterocycles. The van der Waals surface area contributed by atoms with Gasteiger partial charge in [0.15, 0.2) is 16.6 Å². The predicted molar refractivity (Wildman–Crippen MR) is 132 cm³/mol. The van der Waals surface area contributed by atoms with E-state index in [9.17, 15) is 0 Å². The Balaban J connectivity index is 5.52. The first-order valence-corrected chi connectivity index (χ1v) is 22.6. The summed E-state index contributed by atoms with van der Waals surface area (Å²) in [7, 11) is -6.55. The van der Waals surface area contributed by atoms with E-state index in [1.165, 1.54) is 0 Å². The molecule has 7 heteroatoms. The van der Waals surface area contributed by atoms with Gasteiger partial charge in [-0.25, -0.2) is 0 Å². The van der Waals surface area contributed by atoms with E-state index >= 15 is 0 Å². The maximum Gasteiger partial charge on any atom is 0.204 e. The molecule has 0 N–H and O–H groups in total. The van der Waals surface area contributed by atoms with Gasteiger partial charge in [0.2, 0.25) is 9.04 Å². The lowest BCUT2D eigenvalue weighted by atomic mass is 9.94. The lowest BCUT2D eigenvalue weighted by Crippen LogP contribution is -2.60. The van der Waals surface area contributed by atoms with Crippen LogP contribution in [-0.4, -0.2) is 50.3 Å². The summed E-state index contributed by atoms with van der Waals surface area (Å²) in [6.07, 6.45) is 0. The van der Waals surface area contributed by atoms with Gasteiger partial charge in [0.05, 0.1) is 18.9 Å². The minimum atomic E-state index is -2.01. The molecule has 2 atom stereocenters. The monoisotopic (exact) mass is 450 g/mol. The fourth-order valence-electron chi connectivity index (χ4n) is 3.09. The lowest BCUT2D eigenvalue weighted by molar-refractivity contribution is 0.0299. The SMILES string of the molecule is CC(O[Si](C)(C)C(C)(C)C(C)(C)O[SiH](C)C(C)(C)O[Si](C)(C)C)[Si](C)(C)C. The molecular formula is C20H50O3Si4. The molecule has 0 aromatic heterocycles. The van der Waals surface area contributed by atoms with Crippen LogP contribution < -0.4 is 0 Å². The van der Waals surface area contributed by atoms with E-state index in [0.717, 1.165) is 0 Å². The third kappa shape index (κ3) is 7.50. The molecule has 0 radical (unpaired) electrons. The first-order chi connectivity index (χ1) is 11.5. The van der Waals surface area contributed by atoms with Gasteiger partial charge in [-0.15, -0.1) is 0 Å². The van der Waals surface area contributed by atoms with Crippen molar-refractivity contribution in [2.75, 3.05) is 0 Å². The van der Waals surface area contributed by atoms with E-state index < -0.39 is 33.7 Å². The average Bonchev–Trinajstić information content (AvgIpc) is 2.32. The highest BCUT2D eigenvalue weighted by Crippen LogP contribution is 2.50. The first kappa shape index (κ1) is 27.7. The van der Waals surface area contributed by atoms with Crippen molar-refractivity contribution in [2.24, 2.45) is 0 Å². The average molecular weight is 451 g/mol. The Morgan fingerprint density at radius 1 is 0.778 bits per heavy atom. The van der Waals surface area contributed by atoms with E-state index in [1.807, 2.05) is 0 Å². The molecule has 2 unspecified atom stereocenters. The van der Waals surface area contributed by atoms with Gasteiger partial charge in [-0.3, -0.25) is 0 Å². The second-order valence-electron chi connectivity index (χ2n) is 12.3. The molecule has 0 aliphatic carbocycles. The molecular weight excluding hydrogens is 401 g/mol. The maximum absolute atomic E-state index is 6.87. The fraction of sp³-hybridized carbons (Fsp3) is 1.00. The van der Waals surface area contributed by atoms with Gasteiger partial charge in [0.1, 0.15) is 0 Å². The zero-order valence-electron chi connectivity index (χ0n) is 21.4. The molecule has 0 aromatic carbocycles. The van der Waals surface area contributed by atoms with Gasteiger partial charge in [-0.2, -0.15) is 0 Å². The fourth-order valence-corrected chi connectivity index (χ4v) is 13.0. The van der Waals surface area contributed by atoms with E-state index in [2.05, 4.69) is 107 Å². The standard InChI is InChI=1S/C20H50O3Si4/c1-17(25(9,10)11)21-27(15,16)19(4,5)18(2,3)22-24(8)20(6,7)23-26(12,13)14/h17,24H,1-16H3. The summed E-state index contributed by atoms with van der Waals surface area (Å²) in [4.78, 5) is 0. The smallest absolute Gasteiger partial charge is 0.204 e. The summed E-state index contributed by atoms with van der Waals surface area (Å²) in [5, 5.41) is -0.194. The lowest BCUT2D eigenvalue weighted by Gasteiger charge is -2.53. The van der Waals surface area contributed by atoms with Crippen molar-refractivity contribution in [2.45, 2.75) is 129 Å². The molecule has 0 saturated heterocycles. The molecule has 0 heterocycles. The Morgan fingerprint density at radius 3 is 1.52 bits per heavy atom. The van der Waals surface area contributed by atoms with Crippen molar-refractivity contribution in [3.05, 3.63) is 0 Å². The number of rotatable bonds is 10. The Bertz CT molecular complexity index is 488. The largest absolute Gasteiger partial charge is 0.417 e. The van der Waals surface area contributed by atoms with Gasteiger partial charge in [-0.05, 0) is 73.9 Å². The molecule has 0 spiro atoms. The summed E-state index contributed by atoms with van der Waals surface area (Å²) in [5.41, 5.74) is 0.101. The first-order valence-electron chi connectivity index (χ1n) is 10.5. The van der Waals surface area contributed by atoms with Crippen LogP contribution in [0.25, 0.3) is 0 Å². The topological polar surface area (TPSA) is 27.7 Å². The molecule has 0 aliphatic rings. The van der Waals surface area contributed by atoms with Crippen LogP contribution in [0.5, 0.6) is 0 Å². The number of hydrogen-bond donors (Lipinski definition) is 0. The highest BCUT2D eigenvalue weighted by atomic mass is 28.4. The third-order valence-corrected chi connectivity index (χ3v) is 18.5. The van der Waals surface area contributed by atoms with Crippen LogP contribution in [0.15, 0.2) is 0 Å². The molecule has 0 fully saturated rings. The van der Waals surface area contributed by atoms with Crippen LogP contribution in [0.1, 0.15) is 48.5 Å². The van der Waals surface area contributed by atoms with Crippen molar-refractivity contribution >= 4 is 33.7 Å². The van der Waals surface area contributed by atoms with E-state index in [0.29, 0.717) is 5.73 Å². The van der Waals surface area contributed by atoms with Gasteiger partial charge in [-0.1, -0.05) is 33.5 Å². The van der Waals surface area contributed by atoms with Crippen LogP contribution in [0.2, 0.25) is 64.0 Å². The highest BCUT2D eigenvalue weighted by molar-refractivity contribution is 6.80.